The molecule has 1 aromatic carbocycles. The molecule has 3 rings (SSSR count). The number of carbonyl (C=O) groups excluding carboxylic acids is 1. The summed E-state index contributed by atoms with van der Waals surface area (Å²) in [6.07, 6.45) is 4.28. The Hall–Kier alpha value is -2.24. The van der Waals surface area contributed by atoms with Gasteiger partial charge in [-0.15, -0.1) is 0 Å². The molecular weight excluding hydrogens is 290 g/mol. The summed E-state index contributed by atoms with van der Waals surface area (Å²) in [5, 5.41) is 6.45. The van der Waals surface area contributed by atoms with Crippen molar-refractivity contribution in [3.05, 3.63) is 59.9 Å². The first-order chi connectivity index (χ1) is 11.2. The van der Waals surface area contributed by atoms with Gasteiger partial charge < -0.3 is 15.4 Å². The second-order valence-electron chi connectivity index (χ2n) is 5.76. The van der Waals surface area contributed by atoms with Crippen molar-refractivity contribution >= 4 is 11.6 Å². The molecule has 0 radical (unpaired) electrons. The van der Waals surface area contributed by atoms with Crippen LogP contribution in [0.4, 0.5) is 5.69 Å². The number of aromatic nitrogens is 1. The van der Waals surface area contributed by atoms with E-state index >= 15 is 0 Å². The Morgan fingerprint density at radius 2 is 1.96 bits per heavy atom. The summed E-state index contributed by atoms with van der Waals surface area (Å²) in [4.78, 5) is 16.0. The van der Waals surface area contributed by atoms with Crippen molar-refractivity contribution in [1.29, 1.82) is 0 Å². The minimum absolute atomic E-state index is 0.130. The van der Waals surface area contributed by atoms with Crippen molar-refractivity contribution in [2.75, 3.05) is 18.5 Å². The van der Waals surface area contributed by atoms with Crippen molar-refractivity contribution in [3.8, 4) is 0 Å². The fraction of sp³-hybridized carbons (Fsp3) is 0.333. The number of ether oxygens (including phenoxy) is 1. The van der Waals surface area contributed by atoms with Crippen LogP contribution < -0.4 is 10.6 Å². The van der Waals surface area contributed by atoms with E-state index in [0.29, 0.717) is 11.6 Å². The number of nitrogens with zero attached hydrogens (tertiary/aromatic N) is 1. The number of pyridine rings is 1. The van der Waals surface area contributed by atoms with Crippen molar-refractivity contribution in [1.82, 2.24) is 10.3 Å². The summed E-state index contributed by atoms with van der Waals surface area (Å²) >= 11 is 0. The van der Waals surface area contributed by atoms with Crippen LogP contribution in [0.25, 0.3) is 0 Å². The van der Waals surface area contributed by atoms with Gasteiger partial charge >= 0.3 is 0 Å². The summed E-state index contributed by atoms with van der Waals surface area (Å²) in [7, 11) is 0. The first kappa shape index (κ1) is 15.6. The first-order valence-corrected chi connectivity index (χ1v) is 7.87. The average molecular weight is 311 g/mol. The molecule has 5 heteroatoms. The lowest BCUT2D eigenvalue weighted by Gasteiger charge is -2.19. The summed E-state index contributed by atoms with van der Waals surface area (Å²) in [5.41, 5.74) is 2.58. The molecule has 1 fully saturated rings. The maximum Gasteiger partial charge on any atom is 0.255 e. The van der Waals surface area contributed by atoms with E-state index in [4.69, 9.17) is 4.74 Å². The fourth-order valence-corrected chi connectivity index (χ4v) is 2.68. The zero-order valence-electron chi connectivity index (χ0n) is 13.2. The number of benzene rings is 1. The van der Waals surface area contributed by atoms with Gasteiger partial charge in [0.05, 0.1) is 6.61 Å². The molecule has 0 aliphatic carbocycles. The lowest BCUT2D eigenvalue weighted by Crippen LogP contribution is -2.31. The van der Waals surface area contributed by atoms with Crippen LogP contribution in [-0.2, 0) is 4.74 Å². The quantitative estimate of drug-likeness (QED) is 0.891. The van der Waals surface area contributed by atoms with Crippen molar-refractivity contribution in [2.24, 2.45) is 0 Å². The van der Waals surface area contributed by atoms with Gasteiger partial charge in [-0.2, -0.15) is 0 Å². The molecule has 2 N–H and O–H groups in total. The lowest BCUT2D eigenvalue weighted by atomic mass is 10.1. The van der Waals surface area contributed by atoms with Crippen LogP contribution in [0.2, 0.25) is 0 Å². The van der Waals surface area contributed by atoms with E-state index in [1.54, 1.807) is 24.5 Å². The Labute approximate surface area is 136 Å². The number of amides is 1. The third-order valence-electron chi connectivity index (χ3n) is 4.03. The molecule has 0 unspecified atom stereocenters. The normalized spacial score (nSPS) is 18.6. The third-order valence-corrected chi connectivity index (χ3v) is 4.03. The third kappa shape index (κ3) is 4.15. The molecule has 2 atom stereocenters. The number of rotatable bonds is 5. The van der Waals surface area contributed by atoms with E-state index in [-0.39, 0.29) is 11.9 Å². The summed E-state index contributed by atoms with van der Waals surface area (Å²) in [6, 6.07) is 12.0. The topological polar surface area (TPSA) is 63.2 Å². The summed E-state index contributed by atoms with van der Waals surface area (Å²) < 4.78 is 5.38. The maximum absolute atomic E-state index is 12.1. The van der Waals surface area contributed by atoms with Gasteiger partial charge in [-0.05, 0) is 43.2 Å². The van der Waals surface area contributed by atoms with Gasteiger partial charge in [0.25, 0.3) is 5.91 Å². The number of hydrogen-bond acceptors (Lipinski definition) is 4. The van der Waals surface area contributed by atoms with E-state index in [1.165, 1.54) is 5.56 Å². The zero-order valence-corrected chi connectivity index (χ0v) is 13.2. The van der Waals surface area contributed by atoms with Crippen molar-refractivity contribution in [2.45, 2.75) is 25.4 Å². The molecule has 1 aliphatic rings. The highest BCUT2D eigenvalue weighted by molar-refractivity contribution is 6.04. The molecule has 0 saturated carbocycles. The average Bonchev–Trinajstić information content (AvgIpc) is 3.09. The van der Waals surface area contributed by atoms with Crippen LogP contribution in [0, 0.1) is 0 Å². The van der Waals surface area contributed by atoms with Crippen LogP contribution in [-0.4, -0.2) is 30.1 Å². The van der Waals surface area contributed by atoms with E-state index in [1.807, 2.05) is 24.3 Å². The Balaban J connectivity index is 1.59. The Morgan fingerprint density at radius 1 is 1.22 bits per heavy atom. The predicted molar refractivity (Wildman–Crippen MR) is 89.4 cm³/mol. The van der Waals surface area contributed by atoms with Crippen molar-refractivity contribution in [3.63, 3.8) is 0 Å². The molecule has 2 heterocycles. The standard InChI is InChI=1S/C18H21N3O2/c1-13(20-17-8-11-23-12-17)14-2-4-16(5-3-14)21-18(22)15-6-9-19-10-7-15/h2-7,9-10,13,17,20H,8,11-12H2,1H3,(H,21,22)/t13-,17+/m0/s1. The molecule has 0 spiro atoms. The van der Waals surface area contributed by atoms with E-state index in [9.17, 15) is 4.79 Å². The number of carbonyl (C=O) groups is 1. The highest BCUT2D eigenvalue weighted by Gasteiger charge is 2.18. The van der Waals surface area contributed by atoms with E-state index < -0.39 is 0 Å². The van der Waals surface area contributed by atoms with Crippen molar-refractivity contribution < 1.29 is 9.53 Å². The summed E-state index contributed by atoms with van der Waals surface area (Å²) in [6.45, 7) is 3.76. The molecule has 1 amide bonds. The van der Waals surface area contributed by atoms with Gasteiger partial charge in [-0.3, -0.25) is 9.78 Å². The van der Waals surface area contributed by atoms with Gasteiger partial charge in [-0.25, -0.2) is 0 Å². The molecule has 1 aliphatic heterocycles. The zero-order chi connectivity index (χ0) is 16.1. The number of nitrogens with one attached hydrogen (secondary N) is 2. The first-order valence-electron chi connectivity index (χ1n) is 7.87. The smallest absolute Gasteiger partial charge is 0.255 e. The highest BCUT2D eigenvalue weighted by atomic mass is 16.5. The molecule has 1 saturated heterocycles. The minimum atomic E-state index is -0.130. The number of anilines is 1. The molecule has 0 bridgehead atoms. The van der Waals surface area contributed by atoms with E-state index in [0.717, 1.165) is 25.3 Å². The molecule has 1 aromatic heterocycles. The molecule has 23 heavy (non-hydrogen) atoms. The number of hydrogen-bond donors (Lipinski definition) is 2. The van der Waals surface area contributed by atoms with Gasteiger partial charge in [0.15, 0.2) is 0 Å². The van der Waals surface area contributed by atoms with Crippen LogP contribution in [0.15, 0.2) is 48.8 Å². The maximum atomic E-state index is 12.1. The Kier molecular flexibility index (Phi) is 5.00. The van der Waals surface area contributed by atoms with Crippen LogP contribution in [0.5, 0.6) is 0 Å². The van der Waals surface area contributed by atoms with Gasteiger partial charge in [-0.1, -0.05) is 12.1 Å². The van der Waals surface area contributed by atoms with Gasteiger partial charge in [0, 0.05) is 42.3 Å². The SMILES string of the molecule is C[C@H](N[C@@H]1CCOC1)c1ccc(NC(=O)c2ccncc2)cc1. The van der Waals surface area contributed by atoms with Gasteiger partial charge in [0.1, 0.15) is 0 Å². The predicted octanol–water partition coefficient (Wildman–Crippen LogP) is 2.77. The summed E-state index contributed by atoms with van der Waals surface area (Å²) in [5.74, 6) is -0.130. The molecule has 5 nitrogen and oxygen atoms in total. The van der Waals surface area contributed by atoms with Gasteiger partial charge in [0.2, 0.25) is 0 Å². The molecule has 2 aromatic rings. The molecular formula is C18H21N3O2. The van der Waals surface area contributed by atoms with Crippen LogP contribution in [0.3, 0.4) is 0 Å². The largest absolute Gasteiger partial charge is 0.380 e. The lowest BCUT2D eigenvalue weighted by molar-refractivity contribution is 0.102. The second-order valence-corrected chi connectivity index (χ2v) is 5.76. The van der Waals surface area contributed by atoms with E-state index in [2.05, 4.69) is 22.5 Å². The monoisotopic (exact) mass is 311 g/mol. The Bertz CT molecular complexity index is 637. The second kappa shape index (κ2) is 7.35. The highest BCUT2D eigenvalue weighted by Crippen LogP contribution is 2.18. The Morgan fingerprint density at radius 3 is 2.61 bits per heavy atom. The molecule has 120 valence electrons. The minimum Gasteiger partial charge on any atom is -0.380 e. The fourth-order valence-electron chi connectivity index (χ4n) is 2.68. The van der Waals surface area contributed by atoms with Crippen LogP contribution >= 0.6 is 0 Å². The van der Waals surface area contributed by atoms with Crippen LogP contribution in [0.1, 0.15) is 35.3 Å².